The third-order valence-electron chi connectivity index (χ3n) is 1.97. The normalized spacial score (nSPS) is 10.1. The van der Waals surface area contributed by atoms with Crippen molar-refractivity contribution >= 4 is 22.4 Å². The molecule has 2 rings (SSSR count). The summed E-state index contributed by atoms with van der Waals surface area (Å²) in [5, 5.41) is 6.57. The lowest BCUT2D eigenvalue weighted by atomic mass is 10.1. The first-order valence-corrected chi connectivity index (χ1v) is 5.29. The van der Waals surface area contributed by atoms with E-state index in [0.717, 1.165) is 17.1 Å². The Hall–Kier alpha value is -1.82. The van der Waals surface area contributed by atoms with Gasteiger partial charge in [0.05, 0.1) is 11.8 Å². The van der Waals surface area contributed by atoms with Gasteiger partial charge in [0, 0.05) is 11.5 Å². The molecule has 0 saturated carbocycles. The van der Waals surface area contributed by atoms with Gasteiger partial charge in [0.25, 0.3) is 5.91 Å². The zero-order valence-corrected chi connectivity index (χ0v) is 9.21. The fraction of sp³-hybridized carbons (Fsp3) is 0.100. The fourth-order valence-corrected chi connectivity index (χ4v) is 1.62. The zero-order chi connectivity index (χ0) is 11.5. The number of carbonyl (C=O) groups is 1. The maximum atomic E-state index is 13.4. The van der Waals surface area contributed by atoms with Gasteiger partial charge in [-0.15, -0.1) is 5.10 Å². The standard InChI is InChI=1S/C10H8FN3OS/c1-6-2-3-7(8(11)4-6)10(15)13-9-5-12-14-16-9/h2-5H,1H3,(H,13,15). The number of hydrogen-bond donors (Lipinski definition) is 1. The minimum Gasteiger partial charge on any atom is -0.311 e. The third kappa shape index (κ3) is 2.22. The largest absolute Gasteiger partial charge is 0.311 e. The van der Waals surface area contributed by atoms with Gasteiger partial charge in [-0.3, -0.25) is 4.79 Å². The molecule has 0 fully saturated rings. The monoisotopic (exact) mass is 237 g/mol. The predicted octanol–water partition coefficient (Wildman–Crippen LogP) is 2.24. The maximum Gasteiger partial charge on any atom is 0.259 e. The zero-order valence-electron chi connectivity index (χ0n) is 8.40. The van der Waals surface area contributed by atoms with Crippen molar-refractivity contribution < 1.29 is 9.18 Å². The molecule has 2 aromatic rings. The first-order chi connectivity index (χ1) is 7.66. The van der Waals surface area contributed by atoms with Crippen molar-refractivity contribution in [2.45, 2.75) is 6.92 Å². The molecule has 0 radical (unpaired) electrons. The molecule has 1 N–H and O–H groups in total. The molecule has 0 atom stereocenters. The van der Waals surface area contributed by atoms with Gasteiger partial charge in [0.2, 0.25) is 0 Å². The molecule has 0 aliphatic heterocycles. The molecule has 16 heavy (non-hydrogen) atoms. The average Bonchev–Trinajstić information content (AvgIpc) is 2.70. The Labute approximate surface area is 95.3 Å². The highest BCUT2D eigenvalue weighted by atomic mass is 32.1. The lowest BCUT2D eigenvalue weighted by Crippen LogP contribution is -2.12. The SMILES string of the molecule is Cc1ccc(C(=O)Nc2cnns2)c(F)c1. The van der Waals surface area contributed by atoms with Crippen molar-refractivity contribution in [3.05, 3.63) is 41.3 Å². The predicted molar refractivity (Wildman–Crippen MR) is 59.0 cm³/mol. The number of hydrogen-bond acceptors (Lipinski definition) is 4. The average molecular weight is 237 g/mol. The minimum atomic E-state index is -0.532. The second kappa shape index (κ2) is 4.36. The molecular formula is C10H8FN3OS. The Kier molecular flexibility index (Phi) is 2.91. The van der Waals surface area contributed by atoms with Crippen LogP contribution in [0.1, 0.15) is 15.9 Å². The second-order valence-electron chi connectivity index (χ2n) is 3.22. The van der Waals surface area contributed by atoms with Gasteiger partial charge in [0.15, 0.2) is 0 Å². The summed E-state index contributed by atoms with van der Waals surface area (Å²) < 4.78 is 17.0. The van der Waals surface area contributed by atoms with Crippen LogP contribution in [0.15, 0.2) is 24.4 Å². The van der Waals surface area contributed by atoms with Gasteiger partial charge in [0.1, 0.15) is 10.8 Å². The van der Waals surface area contributed by atoms with Crippen LogP contribution in [0, 0.1) is 12.7 Å². The van der Waals surface area contributed by atoms with E-state index in [-0.39, 0.29) is 5.56 Å². The van der Waals surface area contributed by atoms with Gasteiger partial charge >= 0.3 is 0 Å². The number of nitrogens with zero attached hydrogens (tertiary/aromatic N) is 2. The lowest BCUT2D eigenvalue weighted by molar-refractivity contribution is 0.102. The molecule has 1 aromatic heterocycles. The molecule has 0 aliphatic carbocycles. The smallest absolute Gasteiger partial charge is 0.259 e. The van der Waals surface area contributed by atoms with Gasteiger partial charge in [-0.1, -0.05) is 10.6 Å². The summed E-state index contributed by atoms with van der Waals surface area (Å²) in [6.07, 6.45) is 1.41. The van der Waals surface area contributed by atoms with Crippen LogP contribution in [0.2, 0.25) is 0 Å². The molecule has 0 bridgehead atoms. The minimum absolute atomic E-state index is 0.0130. The quantitative estimate of drug-likeness (QED) is 0.871. The van der Waals surface area contributed by atoms with E-state index in [2.05, 4.69) is 14.9 Å². The summed E-state index contributed by atoms with van der Waals surface area (Å²) in [6.45, 7) is 1.76. The van der Waals surface area contributed by atoms with Gasteiger partial charge < -0.3 is 5.32 Å². The Morgan fingerprint density at radius 1 is 1.50 bits per heavy atom. The third-order valence-corrected chi connectivity index (χ3v) is 2.55. The molecule has 0 unspecified atom stereocenters. The Morgan fingerprint density at radius 3 is 2.94 bits per heavy atom. The molecule has 1 amide bonds. The van der Waals surface area contributed by atoms with Crippen LogP contribution < -0.4 is 5.32 Å². The Morgan fingerprint density at radius 2 is 2.31 bits per heavy atom. The molecule has 0 spiro atoms. The van der Waals surface area contributed by atoms with Crippen molar-refractivity contribution in [3.63, 3.8) is 0 Å². The van der Waals surface area contributed by atoms with Crippen molar-refractivity contribution in [2.75, 3.05) is 5.32 Å². The van der Waals surface area contributed by atoms with E-state index in [0.29, 0.717) is 5.00 Å². The van der Waals surface area contributed by atoms with Crippen molar-refractivity contribution in [3.8, 4) is 0 Å². The summed E-state index contributed by atoms with van der Waals surface area (Å²) in [5.41, 5.74) is 0.785. The van der Waals surface area contributed by atoms with Crippen LogP contribution in [0.25, 0.3) is 0 Å². The topological polar surface area (TPSA) is 54.9 Å². The molecule has 0 saturated heterocycles. The highest BCUT2D eigenvalue weighted by molar-refractivity contribution is 7.10. The maximum absolute atomic E-state index is 13.4. The summed E-state index contributed by atoms with van der Waals surface area (Å²) in [7, 11) is 0. The molecule has 6 heteroatoms. The molecule has 1 aromatic carbocycles. The van der Waals surface area contributed by atoms with Crippen molar-refractivity contribution in [1.29, 1.82) is 0 Å². The Balaban J connectivity index is 2.21. The summed E-state index contributed by atoms with van der Waals surface area (Å²) in [6, 6.07) is 4.46. The van der Waals surface area contributed by atoms with Crippen molar-refractivity contribution in [2.24, 2.45) is 0 Å². The first kappa shape index (κ1) is 10.7. The number of benzene rings is 1. The molecule has 4 nitrogen and oxygen atoms in total. The van der Waals surface area contributed by atoms with E-state index in [1.165, 1.54) is 18.3 Å². The number of halogens is 1. The Bertz CT molecular complexity index is 513. The van der Waals surface area contributed by atoms with Crippen LogP contribution in [-0.4, -0.2) is 15.5 Å². The van der Waals surface area contributed by atoms with Gasteiger partial charge in [-0.2, -0.15) is 0 Å². The van der Waals surface area contributed by atoms with Gasteiger partial charge in [-0.05, 0) is 24.6 Å². The van der Waals surface area contributed by atoms with Crippen LogP contribution in [0.3, 0.4) is 0 Å². The number of aryl methyl sites for hydroxylation is 1. The number of aromatic nitrogens is 2. The highest BCUT2D eigenvalue weighted by Crippen LogP contribution is 2.14. The van der Waals surface area contributed by atoms with E-state index in [1.807, 2.05) is 0 Å². The molecular weight excluding hydrogens is 229 g/mol. The van der Waals surface area contributed by atoms with E-state index >= 15 is 0 Å². The van der Waals surface area contributed by atoms with Crippen LogP contribution in [0.5, 0.6) is 0 Å². The summed E-state index contributed by atoms with van der Waals surface area (Å²) in [5.74, 6) is -1.03. The second-order valence-corrected chi connectivity index (χ2v) is 4.00. The number of nitrogens with one attached hydrogen (secondary N) is 1. The molecule has 82 valence electrons. The summed E-state index contributed by atoms with van der Waals surface area (Å²) >= 11 is 1.04. The van der Waals surface area contributed by atoms with Crippen LogP contribution >= 0.6 is 11.5 Å². The number of carbonyl (C=O) groups excluding carboxylic acids is 1. The first-order valence-electron chi connectivity index (χ1n) is 4.51. The van der Waals surface area contributed by atoms with Crippen LogP contribution in [-0.2, 0) is 0 Å². The van der Waals surface area contributed by atoms with E-state index in [1.54, 1.807) is 13.0 Å². The van der Waals surface area contributed by atoms with Crippen LogP contribution in [0.4, 0.5) is 9.39 Å². The molecule has 1 heterocycles. The highest BCUT2D eigenvalue weighted by Gasteiger charge is 2.12. The number of rotatable bonds is 2. The number of anilines is 1. The summed E-state index contributed by atoms with van der Waals surface area (Å²) in [4.78, 5) is 11.6. The fourth-order valence-electron chi connectivity index (χ4n) is 1.21. The van der Waals surface area contributed by atoms with Crippen molar-refractivity contribution in [1.82, 2.24) is 9.59 Å². The lowest BCUT2D eigenvalue weighted by Gasteiger charge is -2.03. The number of amides is 1. The molecule has 0 aliphatic rings. The van der Waals surface area contributed by atoms with E-state index in [4.69, 9.17) is 0 Å². The van der Waals surface area contributed by atoms with Gasteiger partial charge in [-0.25, -0.2) is 4.39 Å². The van der Waals surface area contributed by atoms with E-state index in [9.17, 15) is 9.18 Å². The van der Waals surface area contributed by atoms with E-state index < -0.39 is 11.7 Å².